The molecule has 13 heavy (non-hydrogen) atoms. The molecule has 0 aliphatic rings. The first kappa shape index (κ1) is 10.3. The Balaban J connectivity index is 3.08. The second kappa shape index (κ2) is 3.96. The zero-order valence-electron chi connectivity index (χ0n) is 6.85. The summed E-state index contributed by atoms with van der Waals surface area (Å²) in [6.07, 6.45) is 0. The van der Waals surface area contributed by atoms with E-state index in [9.17, 15) is 13.6 Å². The van der Waals surface area contributed by atoms with Crippen molar-refractivity contribution in [3.8, 4) is 0 Å². The van der Waals surface area contributed by atoms with E-state index in [0.29, 0.717) is 0 Å². The smallest absolute Gasteiger partial charge is 0.176 e. The molecule has 0 radical (unpaired) electrons. The molecular weight excluding hydrogens is 242 g/mol. The Kier molecular flexibility index (Phi) is 3.14. The minimum Gasteiger partial charge on any atom is -0.293 e. The molecule has 0 bridgehead atoms. The molecule has 1 rings (SSSR count). The topological polar surface area (TPSA) is 17.1 Å². The van der Waals surface area contributed by atoms with Gasteiger partial charge in [-0.05, 0) is 19.1 Å². The lowest BCUT2D eigenvalue weighted by molar-refractivity contribution is 0.0995. The van der Waals surface area contributed by atoms with Crippen molar-refractivity contribution in [2.45, 2.75) is 11.8 Å². The summed E-state index contributed by atoms with van der Waals surface area (Å²) in [6, 6.07) is 2.77. The quantitative estimate of drug-likeness (QED) is 0.581. The Bertz CT molecular complexity index is 316. The average molecular weight is 249 g/mol. The van der Waals surface area contributed by atoms with Crippen LogP contribution in [0.2, 0.25) is 0 Å². The third kappa shape index (κ3) is 2.59. The van der Waals surface area contributed by atoms with Crippen LogP contribution in [-0.2, 0) is 0 Å². The van der Waals surface area contributed by atoms with Crippen molar-refractivity contribution < 1.29 is 13.6 Å². The molecule has 4 heteroatoms. The van der Waals surface area contributed by atoms with Crippen LogP contribution in [0.4, 0.5) is 8.78 Å². The average Bonchev–Trinajstić information content (AvgIpc) is 2.01. The van der Waals surface area contributed by atoms with E-state index in [1.54, 1.807) is 6.92 Å². The number of ketones is 1. The summed E-state index contributed by atoms with van der Waals surface area (Å²) in [5.74, 6) is -1.81. The largest absolute Gasteiger partial charge is 0.293 e. The number of carbonyl (C=O) groups is 1. The fourth-order valence-corrected chi connectivity index (χ4v) is 1.19. The molecule has 1 aromatic rings. The summed E-state index contributed by atoms with van der Waals surface area (Å²) in [6.45, 7) is 1.60. The number of carbonyl (C=O) groups excluding carboxylic acids is 1. The van der Waals surface area contributed by atoms with E-state index in [4.69, 9.17) is 0 Å². The number of rotatable bonds is 2. The molecule has 1 aromatic carbocycles. The Morgan fingerprint density at radius 2 is 1.77 bits per heavy atom. The predicted octanol–water partition coefficient (Wildman–Crippen LogP) is 2.93. The van der Waals surface area contributed by atoms with Crippen molar-refractivity contribution in [2.75, 3.05) is 0 Å². The minimum absolute atomic E-state index is 0.0434. The van der Waals surface area contributed by atoms with Crippen molar-refractivity contribution in [2.24, 2.45) is 0 Å². The Hall–Kier alpha value is -0.770. The lowest BCUT2D eigenvalue weighted by Gasteiger charge is -2.02. The molecule has 1 unspecified atom stereocenters. The van der Waals surface area contributed by atoms with Gasteiger partial charge >= 0.3 is 0 Å². The van der Waals surface area contributed by atoms with E-state index in [2.05, 4.69) is 15.9 Å². The molecular formula is C9H7BrF2O. The summed E-state index contributed by atoms with van der Waals surface area (Å²) in [5.41, 5.74) is 0.0434. The van der Waals surface area contributed by atoms with Gasteiger partial charge in [0.15, 0.2) is 5.78 Å². The minimum atomic E-state index is -0.739. The molecule has 0 saturated heterocycles. The van der Waals surface area contributed by atoms with Gasteiger partial charge in [0.2, 0.25) is 0 Å². The van der Waals surface area contributed by atoms with Gasteiger partial charge in [0.1, 0.15) is 11.6 Å². The van der Waals surface area contributed by atoms with Gasteiger partial charge in [-0.25, -0.2) is 8.78 Å². The second-order valence-electron chi connectivity index (χ2n) is 2.64. The van der Waals surface area contributed by atoms with E-state index in [0.717, 1.165) is 18.2 Å². The maximum Gasteiger partial charge on any atom is 0.176 e. The Morgan fingerprint density at radius 3 is 2.15 bits per heavy atom. The normalized spacial score (nSPS) is 12.6. The van der Waals surface area contributed by atoms with Crippen LogP contribution in [0.15, 0.2) is 18.2 Å². The molecule has 0 saturated carbocycles. The van der Waals surface area contributed by atoms with Crippen LogP contribution >= 0.6 is 15.9 Å². The van der Waals surface area contributed by atoms with Crippen LogP contribution in [0.1, 0.15) is 17.3 Å². The standard InChI is InChI=1S/C9H7BrF2O/c1-5(10)9(13)6-2-7(11)4-8(12)3-6/h2-5H,1H3. The highest BCUT2D eigenvalue weighted by Gasteiger charge is 2.13. The van der Waals surface area contributed by atoms with E-state index < -0.39 is 16.5 Å². The zero-order chi connectivity index (χ0) is 10.0. The van der Waals surface area contributed by atoms with Crippen molar-refractivity contribution in [3.05, 3.63) is 35.4 Å². The number of Topliss-reactive ketones (excluding diaryl/α,β-unsaturated/α-hetero) is 1. The highest BCUT2D eigenvalue weighted by Crippen LogP contribution is 2.13. The van der Waals surface area contributed by atoms with Crippen LogP contribution in [-0.4, -0.2) is 10.6 Å². The van der Waals surface area contributed by atoms with Crippen LogP contribution in [0, 0.1) is 11.6 Å². The monoisotopic (exact) mass is 248 g/mol. The third-order valence-electron chi connectivity index (χ3n) is 1.51. The molecule has 0 aliphatic heterocycles. The van der Waals surface area contributed by atoms with Gasteiger partial charge in [0.05, 0.1) is 4.83 Å². The highest BCUT2D eigenvalue weighted by molar-refractivity contribution is 9.10. The third-order valence-corrected chi connectivity index (χ3v) is 1.92. The molecule has 1 nitrogen and oxygen atoms in total. The Labute approximate surface area is 82.9 Å². The molecule has 0 amide bonds. The molecule has 70 valence electrons. The number of hydrogen-bond donors (Lipinski definition) is 0. The lowest BCUT2D eigenvalue weighted by atomic mass is 10.1. The van der Waals surface area contributed by atoms with E-state index in [1.807, 2.05) is 0 Å². The van der Waals surface area contributed by atoms with Crippen LogP contribution in [0.25, 0.3) is 0 Å². The molecule has 0 aromatic heterocycles. The van der Waals surface area contributed by atoms with Gasteiger partial charge in [0.25, 0.3) is 0 Å². The molecule has 0 heterocycles. The van der Waals surface area contributed by atoms with Gasteiger partial charge in [-0.2, -0.15) is 0 Å². The SMILES string of the molecule is CC(Br)C(=O)c1cc(F)cc(F)c1. The first-order valence-electron chi connectivity index (χ1n) is 3.65. The Morgan fingerprint density at radius 1 is 1.31 bits per heavy atom. The molecule has 0 fully saturated rings. The fraction of sp³-hybridized carbons (Fsp3) is 0.222. The number of hydrogen-bond acceptors (Lipinski definition) is 1. The zero-order valence-corrected chi connectivity index (χ0v) is 8.44. The van der Waals surface area contributed by atoms with Crippen LogP contribution < -0.4 is 0 Å². The maximum absolute atomic E-state index is 12.6. The van der Waals surface area contributed by atoms with Gasteiger partial charge in [-0.3, -0.25) is 4.79 Å². The van der Waals surface area contributed by atoms with E-state index >= 15 is 0 Å². The van der Waals surface area contributed by atoms with E-state index in [1.165, 1.54) is 0 Å². The summed E-state index contributed by atoms with van der Waals surface area (Å²) >= 11 is 3.03. The fourth-order valence-electron chi connectivity index (χ4n) is 0.926. The van der Waals surface area contributed by atoms with Crippen molar-refractivity contribution in [1.29, 1.82) is 0 Å². The summed E-state index contributed by atoms with van der Waals surface area (Å²) in [7, 11) is 0. The van der Waals surface area contributed by atoms with Gasteiger partial charge in [0, 0.05) is 11.6 Å². The van der Waals surface area contributed by atoms with Crippen molar-refractivity contribution in [1.82, 2.24) is 0 Å². The molecule has 0 N–H and O–H groups in total. The van der Waals surface area contributed by atoms with Crippen molar-refractivity contribution in [3.63, 3.8) is 0 Å². The molecule has 1 atom stereocenters. The second-order valence-corrected chi connectivity index (χ2v) is 4.01. The maximum atomic E-state index is 12.6. The van der Waals surface area contributed by atoms with Crippen LogP contribution in [0.3, 0.4) is 0 Å². The summed E-state index contributed by atoms with van der Waals surface area (Å²) < 4.78 is 25.3. The molecule has 0 spiro atoms. The first-order valence-corrected chi connectivity index (χ1v) is 4.56. The van der Waals surface area contributed by atoms with Crippen molar-refractivity contribution >= 4 is 21.7 Å². The summed E-state index contributed by atoms with van der Waals surface area (Å²) in [4.78, 5) is 10.8. The number of alkyl halides is 1. The number of benzene rings is 1. The van der Waals surface area contributed by atoms with E-state index in [-0.39, 0.29) is 11.3 Å². The van der Waals surface area contributed by atoms with Gasteiger partial charge in [-0.15, -0.1) is 0 Å². The van der Waals surface area contributed by atoms with Crippen LogP contribution in [0.5, 0.6) is 0 Å². The molecule has 0 aliphatic carbocycles. The van der Waals surface area contributed by atoms with Gasteiger partial charge in [-0.1, -0.05) is 15.9 Å². The lowest BCUT2D eigenvalue weighted by Crippen LogP contribution is -2.10. The first-order chi connectivity index (χ1) is 6.00. The highest BCUT2D eigenvalue weighted by atomic mass is 79.9. The number of halogens is 3. The predicted molar refractivity (Wildman–Crippen MR) is 49.1 cm³/mol. The summed E-state index contributed by atoms with van der Waals surface area (Å²) in [5, 5.41) is 0. The van der Waals surface area contributed by atoms with Gasteiger partial charge < -0.3 is 0 Å².